The average molecular weight is 539 g/mol. The number of halogens is 1. The van der Waals surface area contributed by atoms with Crippen LogP contribution in [0.4, 0.5) is 11.4 Å². The Hall–Kier alpha value is -2.77. The van der Waals surface area contributed by atoms with Crippen LogP contribution in [0, 0.1) is 19.8 Å². The monoisotopic (exact) mass is 538 g/mol. The van der Waals surface area contributed by atoms with Gasteiger partial charge in [-0.1, -0.05) is 34.1 Å². The molecule has 2 aliphatic rings. The van der Waals surface area contributed by atoms with Crippen LogP contribution in [-0.2, 0) is 10.0 Å². The van der Waals surface area contributed by atoms with E-state index in [9.17, 15) is 8.42 Å². The molecule has 0 unspecified atom stereocenters. The van der Waals surface area contributed by atoms with Crippen LogP contribution in [0.5, 0.6) is 5.75 Å². The molecule has 3 aromatic carbocycles. The number of benzene rings is 3. The molecule has 1 aliphatic carbocycles. The van der Waals surface area contributed by atoms with Crippen LogP contribution in [0.2, 0.25) is 0 Å². The first-order chi connectivity index (χ1) is 16.2. The summed E-state index contributed by atoms with van der Waals surface area (Å²) in [6, 6.07) is 17.2. The normalized spacial score (nSPS) is 20.9. The lowest BCUT2D eigenvalue weighted by molar-refractivity contribution is 0.381. The zero-order valence-corrected chi connectivity index (χ0v) is 21.7. The van der Waals surface area contributed by atoms with Crippen molar-refractivity contribution in [3.8, 4) is 5.75 Å². The third-order valence-electron chi connectivity index (χ3n) is 6.65. The molecule has 5 rings (SSSR count). The Kier molecular flexibility index (Phi) is 5.94. The number of methoxy groups -OCH3 is 1. The molecule has 0 radical (unpaired) electrons. The minimum atomic E-state index is -3.72. The van der Waals surface area contributed by atoms with Gasteiger partial charge in [-0.05, 0) is 91.4 Å². The smallest absolute Gasteiger partial charge is 0.261 e. The number of allylic oxidation sites excluding steroid dienone is 2. The topological polar surface area (TPSA) is 67.4 Å². The quantitative estimate of drug-likeness (QED) is 0.354. The maximum absolute atomic E-state index is 13.2. The van der Waals surface area contributed by atoms with E-state index in [1.807, 2.05) is 56.3 Å². The molecular formula is C27H27BrN2O3S. The molecule has 5 nitrogen and oxygen atoms in total. The van der Waals surface area contributed by atoms with E-state index in [1.54, 1.807) is 13.2 Å². The third kappa shape index (κ3) is 4.23. The number of aryl methyl sites for hydroxylation is 2. The zero-order chi connectivity index (χ0) is 24.0. The van der Waals surface area contributed by atoms with Gasteiger partial charge in [-0.2, -0.15) is 0 Å². The second kappa shape index (κ2) is 8.78. The maximum Gasteiger partial charge on any atom is 0.261 e. The van der Waals surface area contributed by atoms with Crippen LogP contribution >= 0.6 is 15.9 Å². The Morgan fingerprint density at radius 3 is 2.50 bits per heavy atom. The molecule has 3 atom stereocenters. The molecule has 0 bridgehead atoms. The van der Waals surface area contributed by atoms with Crippen LogP contribution in [0.25, 0.3) is 0 Å². The van der Waals surface area contributed by atoms with Crippen molar-refractivity contribution in [1.29, 1.82) is 0 Å². The first-order valence-corrected chi connectivity index (χ1v) is 13.5. The SMILES string of the molecule is COc1ccc(Br)cc1[C@H]1Nc2ccc(S(=O)(=O)Nc3cc(C)cc(C)c3)cc2[C@H]2C=CC[C@H]21. The first kappa shape index (κ1) is 23.0. The van der Waals surface area contributed by atoms with Crippen LogP contribution in [0.15, 0.2) is 76.1 Å². The first-order valence-electron chi connectivity index (χ1n) is 11.3. The minimum Gasteiger partial charge on any atom is -0.496 e. The second-order valence-electron chi connectivity index (χ2n) is 9.09. The molecule has 1 aliphatic heterocycles. The predicted molar refractivity (Wildman–Crippen MR) is 140 cm³/mol. The lowest BCUT2D eigenvalue weighted by Crippen LogP contribution is -2.29. The summed E-state index contributed by atoms with van der Waals surface area (Å²) >= 11 is 3.59. The number of ether oxygens (including phenoxy) is 1. The van der Waals surface area contributed by atoms with Crippen molar-refractivity contribution in [3.63, 3.8) is 0 Å². The van der Waals surface area contributed by atoms with E-state index in [1.165, 1.54) is 0 Å². The van der Waals surface area contributed by atoms with E-state index < -0.39 is 10.0 Å². The fourth-order valence-electron chi connectivity index (χ4n) is 5.24. The van der Waals surface area contributed by atoms with E-state index in [0.717, 1.165) is 44.6 Å². The Morgan fingerprint density at radius 1 is 1.00 bits per heavy atom. The molecule has 0 saturated heterocycles. The molecule has 2 N–H and O–H groups in total. The lowest BCUT2D eigenvalue weighted by atomic mass is 9.77. The van der Waals surface area contributed by atoms with Gasteiger partial charge in [0.1, 0.15) is 5.75 Å². The van der Waals surface area contributed by atoms with Crippen LogP contribution in [0.1, 0.15) is 40.6 Å². The van der Waals surface area contributed by atoms with E-state index >= 15 is 0 Å². The third-order valence-corrected chi connectivity index (χ3v) is 8.52. The van der Waals surface area contributed by atoms with Gasteiger partial charge in [0.15, 0.2) is 0 Å². The standard InChI is InChI=1S/C27H27BrN2O3S/c1-16-11-17(2)13-19(12-16)30-34(31,32)20-8-9-25-23(15-20)21-5-4-6-22(21)27(29-25)24-14-18(28)7-10-26(24)33-3/h4-5,7-15,21-22,27,29-30H,6H2,1-3H3/t21-,22+,27-/m0/s1. The Balaban J connectivity index is 1.51. The van der Waals surface area contributed by atoms with Gasteiger partial charge >= 0.3 is 0 Å². The summed E-state index contributed by atoms with van der Waals surface area (Å²) in [5.74, 6) is 1.23. The van der Waals surface area contributed by atoms with Crippen molar-refractivity contribution in [2.45, 2.75) is 37.1 Å². The van der Waals surface area contributed by atoms with Gasteiger partial charge in [-0.3, -0.25) is 4.72 Å². The highest BCUT2D eigenvalue weighted by Crippen LogP contribution is 2.51. The van der Waals surface area contributed by atoms with Crippen molar-refractivity contribution in [2.24, 2.45) is 5.92 Å². The second-order valence-corrected chi connectivity index (χ2v) is 11.7. The van der Waals surface area contributed by atoms with Gasteiger partial charge in [0.2, 0.25) is 0 Å². The highest BCUT2D eigenvalue weighted by atomic mass is 79.9. The molecule has 34 heavy (non-hydrogen) atoms. The molecule has 0 saturated carbocycles. The van der Waals surface area contributed by atoms with E-state index in [4.69, 9.17) is 4.74 Å². The molecular weight excluding hydrogens is 512 g/mol. The van der Waals surface area contributed by atoms with Crippen molar-refractivity contribution < 1.29 is 13.2 Å². The lowest BCUT2D eigenvalue weighted by Gasteiger charge is -2.38. The van der Waals surface area contributed by atoms with Gasteiger partial charge in [-0.15, -0.1) is 0 Å². The molecule has 0 amide bonds. The number of rotatable bonds is 5. The fraction of sp³-hybridized carbons (Fsp3) is 0.259. The van der Waals surface area contributed by atoms with Crippen LogP contribution < -0.4 is 14.8 Å². The van der Waals surface area contributed by atoms with Crippen LogP contribution in [0.3, 0.4) is 0 Å². The fourth-order valence-corrected chi connectivity index (χ4v) is 6.70. The number of hydrogen-bond acceptors (Lipinski definition) is 4. The van der Waals surface area contributed by atoms with Crippen molar-refractivity contribution in [1.82, 2.24) is 0 Å². The molecule has 1 heterocycles. The van der Waals surface area contributed by atoms with Gasteiger partial charge in [-0.25, -0.2) is 8.42 Å². The highest BCUT2D eigenvalue weighted by molar-refractivity contribution is 9.10. The number of nitrogens with one attached hydrogen (secondary N) is 2. The molecule has 7 heteroatoms. The highest BCUT2D eigenvalue weighted by Gasteiger charge is 2.39. The number of fused-ring (bicyclic) bond motifs is 3. The Labute approximate surface area is 209 Å². The van der Waals surface area contributed by atoms with Gasteiger partial charge in [0.25, 0.3) is 10.0 Å². The van der Waals surface area contributed by atoms with Crippen molar-refractivity contribution >= 4 is 37.3 Å². The largest absolute Gasteiger partial charge is 0.496 e. The molecule has 0 spiro atoms. The van der Waals surface area contributed by atoms with Crippen molar-refractivity contribution in [2.75, 3.05) is 17.1 Å². The molecule has 3 aromatic rings. The predicted octanol–water partition coefficient (Wildman–Crippen LogP) is 6.70. The van der Waals surface area contributed by atoms with E-state index in [0.29, 0.717) is 5.69 Å². The van der Waals surface area contributed by atoms with Gasteiger partial charge in [0, 0.05) is 27.3 Å². The summed E-state index contributed by atoms with van der Waals surface area (Å²) in [6.45, 7) is 3.91. The summed E-state index contributed by atoms with van der Waals surface area (Å²) < 4.78 is 35.9. The summed E-state index contributed by atoms with van der Waals surface area (Å²) in [6.07, 6.45) is 5.31. The van der Waals surface area contributed by atoms with Crippen molar-refractivity contribution in [3.05, 3.63) is 93.5 Å². The minimum absolute atomic E-state index is 0.0517. The summed E-state index contributed by atoms with van der Waals surface area (Å²) in [5.41, 5.74) is 5.65. The summed E-state index contributed by atoms with van der Waals surface area (Å²) in [5, 5.41) is 3.67. The molecule has 0 aromatic heterocycles. The Morgan fingerprint density at radius 2 is 1.76 bits per heavy atom. The summed E-state index contributed by atoms with van der Waals surface area (Å²) in [7, 11) is -2.03. The zero-order valence-electron chi connectivity index (χ0n) is 19.3. The van der Waals surface area contributed by atoms with E-state index in [-0.39, 0.29) is 22.8 Å². The number of anilines is 2. The average Bonchev–Trinajstić information content (AvgIpc) is 3.27. The molecule has 176 valence electrons. The number of sulfonamides is 1. The van der Waals surface area contributed by atoms with Crippen LogP contribution in [-0.4, -0.2) is 15.5 Å². The van der Waals surface area contributed by atoms with E-state index in [2.05, 4.69) is 44.2 Å². The van der Waals surface area contributed by atoms with Gasteiger partial charge in [0.05, 0.1) is 18.0 Å². The maximum atomic E-state index is 13.2. The number of hydrogen-bond donors (Lipinski definition) is 2. The Bertz CT molecular complexity index is 1380. The van der Waals surface area contributed by atoms with Gasteiger partial charge < -0.3 is 10.1 Å². The molecule has 0 fully saturated rings. The summed E-state index contributed by atoms with van der Waals surface area (Å²) in [4.78, 5) is 0.268.